The molecule has 0 unspecified atom stereocenters. The first-order valence-electron chi connectivity index (χ1n) is 11.6. The van der Waals surface area contributed by atoms with Crippen molar-refractivity contribution in [3.8, 4) is 17.1 Å². The molecule has 4 rings (SSSR count). The van der Waals surface area contributed by atoms with Crippen molar-refractivity contribution in [1.82, 2.24) is 24.9 Å². The predicted octanol–water partition coefficient (Wildman–Crippen LogP) is 3.36. The second-order valence-electron chi connectivity index (χ2n) is 9.23. The Morgan fingerprint density at radius 2 is 2.09 bits per heavy atom. The maximum atomic E-state index is 14.5. The number of nitrogens with zero attached hydrogens (tertiary/aromatic N) is 5. The van der Waals surface area contributed by atoms with Crippen molar-refractivity contribution >= 4 is 12.1 Å². The van der Waals surface area contributed by atoms with E-state index in [4.69, 9.17) is 14.6 Å². The molecule has 2 aliphatic rings. The lowest BCUT2D eigenvalue weighted by atomic mass is 9.84. The first-order valence-corrected chi connectivity index (χ1v) is 11.6. The van der Waals surface area contributed by atoms with Crippen LogP contribution in [0.2, 0.25) is 0 Å². The number of aryl methyl sites for hydroxylation is 1. The molecule has 0 saturated heterocycles. The smallest absolute Gasteiger partial charge is 0.409 e. The Bertz CT molecular complexity index is 1030. The summed E-state index contributed by atoms with van der Waals surface area (Å²) >= 11 is 0. The van der Waals surface area contributed by atoms with Gasteiger partial charge in [0.25, 0.3) is 0 Å². The van der Waals surface area contributed by atoms with Crippen molar-refractivity contribution in [3.63, 3.8) is 0 Å². The van der Waals surface area contributed by atoms with E-state index in [9.17, 15) is 14.0 Å². The molecule has 2 aliphatic carbocycles. The van der Waals surface area contributed by atoms with Gasteiger partial charge in [0.1, 0.15) is 29.8 Å². The van der Waals surface area contributed by atoms with Crippen LogP contribution in [0.4, 0.5) is 9.18 Å². The van der Waals surface area contributed by atoms with E-state index < -0.39 is 23.8 Å². The van der Waals surface area contributed by atoms with E-state index in [-0.39, 0.29) is 19.4 Å². The highest BCUT2D eigenvalue weighted by molar-refractivity contribution is 5.77. The predicted molar refractivity (Wildman–Crippen MR) is 119 cm³/mol. The third kappa shape index (κ3) is 5.28. The van der Waals surface area contributed by atoms with Gasteiger partial charge in [-0.15, -0.1) is 5.10 Å². The minimum Gasteiger partial charge on any atom is -0.489 e. The summed E-state index contributed by atoms with van der Waals surface area (Å²) in [6, 6.07) is 3.37. The van der Waals surface area contributed by atoms with E-state index in [1.54, 1.807) is 31.1 Å². The van der Waals surface area contributed by atoms with E-state index in [1.165, 1.54) is 17.3 Å². The Balaban J connectivity index is 1.37. The van der Waals surface area contributed by atoms with Crippen LogP contribution in [-0.2, 0) is 23.2 Å². The number of alkyl halides is 1. The molecule has 0 aromatic carbocycles. The van der Waals surface area contributed by atoms with Crippen molar-refractivity contribution in [3.05, 3.63) is 24.0 Å². The molecular formula is C23H30FN5O5. The summed E-state index contributed by atoms with van der Waals surface area (Å²) in [5, 5.41) is 17.3. The van der Waals surface area contributed by atoms with Crippen LogP contribution >= 0.6 is 0 Å². The number of pyridine rings is 1. The van der Waals surface area contributed by atoms with E-state index in [0.29, 0.717) is 48.1 Å². The highest BCUT2D eigenvalue weighted by atomic mass is 19.1. The van der Waals surface area contributed by atoms with Gasteiger partial charge in [-0.25, -0.2) is 18.7 Å². The van der Waals surface area contributed by atoms with Crippen LogP contribution in [0.3, 0.4) is 0 Å². The molecule has 184 valence electrons. The van der Waals surface area contributed by atoms with Gasteiger partial charge >= 0.3 is 12.1 Å². The maximum absolute atomic E-state index is 14.5. The SMILES string of the molecule is CN(CC1CCC1)C(=O)OCc1c(-c2ccc(O[C@H]3CCC[C@](F)(C(=O)O)C3)cn2)nnn1C. The van der Waals surface area contributed by atoms with Gasteiger partial charge in [0, 0.05) is 27.1 Å². The van der Waals surface area contributed by atoms with Crippen LogP contribution in [0, 0.1) is 5.92 Å². The van der Waals surface area contributed by atoms with Crippen LogP contribution in [0.25, 0.3) is 11.4 Å². The third-order valence-electron chi connectivity index (χ3n) is 6.66. The number of aromatic nitrogens is 4. The largest absolute Gasteiger partial charge is 0.489 e. The first kappa shape index (κ1) is 23.9. The quantitative estimate of drug-likeness (QED) is 0.617. The molecule has 2 aromatic rings. The maximum Gasteiger partial charge on any atom is 0.409 e. The standard InChI is InChI=1S/C23H30FN5O5/c1-28(13-15-5-3-6-15)22(32)33-14-19-20(26-27-29(19)2)18-9-8-17(12-25-18)34-16-7-4-10-23(24,11-16)21(30)31/h8-9,12,15-16H,3-7,10-11,13-14H2,1-2H3,(H,30,31)/t16-,23+/m0/s1. The number of carbonyl (C=O) groups is 2. The van der Waals surface area contributed by atoms with Crippen LogP contribution in [0.15, 0.2) is 18.3 Å². The number of carboxylic acid groups (broad SMARTS) is 1. The molecule has 34 heavy (non-hydrogen) atoms. The lowest BCUT2D eigenvalue weighted by Crippen LogP contribution is -2.42. The van der Waals surface area contributed by atoms with Gasteiger partial charge in [-0.05, 0) is 50.2 Å². The average Bonchev–Trinajstić information content (AvgIpc) is 3.15. The molecule has 11 heteroatoms. The number of hydrogen-bond acceptors (Lipinski definition) is 7. The van der Waals surface area contributed by atoms with Gasteiger partial charge in [0.2, 0.25) is 5.67 Å². The lowest BCUT2D eigenvalue weighted by Gasteiger charge is -2.31. The minimum atomic E-state index is -2.26. The number of rotatable bonds is 8. The van der Waals surface area contributed by atoms with E-state index >= 15 is 0 Å². The van der Waals surface area contributed by atoms with Gasteiger partial charge in [0.05, 0.1) is 11.9 Å². The second-order valence-corrected chi connectivity index (χ2v) is 9.23. The molecule has 0 spiro atoms. The molecule has 2 fully saturated rings. The summed E-state index contributed by atoms with van der Waals surface area (Å²) in [7, 11) is 3.45. The molecular weight excluding hydrogens is 445 g/mol. The summed E-state index contributed by atoms with van der Waals surface area (Å²) < 4.78 is 27.3. The first-order chi connectivity index (χ1) is 16.2. The Morgan fingerprint density at radius 1 is 1.29 bits per heavy atom. The zero-order chi connectivity index (χ0) is 24.3. The highest BCUT2D eigenvalue weighted by Gasteiger charge is 2.44. The molecule has 10 nitrogen and oxygen atoms in total. The average molecular weight is 476 g/mol. The fourth-order valence-corrected chi connectivity index (χ4v) is 4.37. The molecule has 2 heterocycles. The number of carbonyl (C=O) groups excluding carboxylic acids is 1. The van der Waals surface area contributed by atoms with E-state index in [1.807, 2.05) is 0 Å². The summed E-state index contributed by atoms with van der Waals surface area (Å²) in [5.41, 5.74) is -0.658. The molecule has 0 radical (unpaired) electrons. The minimum absolute atomic E-state index is 0.00243. The molecule has 1 N–H and O–H groups in total. The second kappa shape index (κ2) is 9.94. The Kier molecular flexibility index (Phi) is 6.99. The van der Waals surface area contributed by atoms with Gasteiger partial charge in [-0.2, -0.15) is 0 Å². The summed E-state index contributed by atoms with van der Waals surface area (Å²) in [6.07, 6.45) is 4.89. The van der Waals surface area contributed by atoms with Gasteiger partial charge in [-0.3, -0.25) is 4.98 Å². The Hall–Kier alpha value is -3.24. The number of halogens is 1. The highest BCUT2D eigenvalue weighted by Crippen LogP contribution is 2.34. The number of aliphatic carboxylic acids is 1. The molecule has 2 saturated carbocycles. The summed E-state index contributed by atoms with van der Waals surface area (Å²) in [5.74, 6) is -0.479. The summed E-state index contributed by atoms with van der Waals surface area (Å²) in [4.78, 5) is 29.5. The zero-order valence-electron chi connectivity index (χ0n) is 19.4. The zero-order valence-corrected chi connectivity index (χ0v) is 19.4. The number of carboxylic acids is 1. The molecule has 2 atom stereocenters. The Morgan fingerprint density at radius 3 is 2.74 bits per heavy atom. The van der Waals surface area contributed by atoms with Crippen molar-refractivity contribution in [2.24, 2.45) is 13.0 Å². The van der Waals surface area contributed by atoms with E-state index in [0.717, 1.165) is 12.8 Å². The molecule has 0 bridgehead atoms. The van der Waals surface area contributed by atoms with Crippen molar-refractivity contribution in [2.45, 2.75) is 63.3 Å². The molecule has 2 aromatic heterocycles. The van der Waals surface area contributed by atoms with Crippen molar-refractivity contribution in [2.75, 3.05) is 13.6 Å². The molecule has 1 amide bonds. The monoisotopic (exact) mass is 475 g/mol. The number of amides is 1. The van der Waals surface area contributed by atoms with Crippen molar-refractivity contribution < 1.29 is 28.6 Å². The number of ether oxygens (including phenoxy) is 2. The fraction of sp³-hybridized carbons (Fsp3) is 0.609. The fourth-order valence-electron chi connectivity index (χ4n) is 4.37. The van der Waals surface area contributed by atoms with Crippen LogP contribution in [-0.4, -0.2) is 67.4 Å². The lowest BCUT2D eigenvalue weighted by molar-refractivity contribution is -0.155. The van der Waals surface area contributed by atoms with Gasteiger partial charge in [-0.1, -0.05) is 11.6 Å². The topological polar surface area (TPSA) is 120 Å². The summed E-state index contributed by atoms with van der Waals surface area (Å²) in [6.45, 7) is 0.692. The van der Waals surface area contributed by atoms with Crippen LogP contribution < -0.4 is 4.74 Å². The van der Waals surface area contributed by atoms with E-state index in [2.05, 4.69) is 15.3 Å². The molecule has 0 aliphatic heterocycles. The van der Waals surface area contributed by atoms with Gasteiger partial charge in [0.15, 0.2) is 0 Å². The third-order valence-corrected chi connectivity index (χ3v) is 6.66. The van der Waals surface area contributed by atoms with Gasteiger partial charge < -0.3 is 19.5 Å². The van der Waals surface area contributed by atoms with Crippen LogP contribution in [0.1, 0.15) is 50.6 Å². The van der Waals surface area contributed by atoms with Crippen LogP contribution in [0.5, 0.6) is 5.75 Å². The Labute approximate surface area is 197 Å². The normalized spacial score (nSPS) is 22.6. The van der Waals surface area contributed by atoms with Crippen molar-refractivity contribution in [1.29, 1.82) is 0 Å². The number of hydrogen-bond donors (Lipinski definition) is 1.